The molecular weight excluding hydrogens is 359 g/mol. The Balaban J connectivity index is 1.62. The first-order valence-corrected chi connectivity index (χ1v) is 9.72. The predicted octanol–water partition coefficient (Wildman–Crippen LogP) is 3.92. The number of hydrogen-bond acceptors (Lipinski definition) is 4. The summed E-state index contributed by atoms with van der Waals surface area (Å²) in [7, 11) is 0. The van der Waals surface area contributed by atoms with Crippen LogP contribution in [0.2, 0.25) is 0 Å². The second-order valence-electron chi connectivity index (χ2n) is 7.46. The molecule has 2 aliphatic rings. The Morgan fingerprint density at radius 2 is 1.89 bits per heavy atom. The van der Waals surface area contributed by atoms with E-state index in [-0.39, 0.29) is 23.1 Å². The number of nitrogens with zero attached hydrogens (tertiary/aromatic N) is 2. The standard InChI is InChI=1S/C22H23FN2O3/c23-19-13-16(11-17(14-26)21(19)27)22(28)25-10-4-7-20(25)15-5-3-6-18(12-15)24-8-1-2-9-24/h3,5-6,11-14,20,27H,1-2,4,7-10H2. The topological polar surface area (TPSA) is 60.9 Å². The van der Waals surface area contributed by atoms with Crippen LogP contribution in [0, 0.1) is 5.82 Å². The van der Waals surface area contributed by atoms with Crippen LogP contribution in [0.3, 0.4) is 0 Å². The van der Waals surface area contributed by atoms with E-state index in [1.54, 1.807) is 4.90 Å². The van der Waals surface area contributed by atoms with Crippen LogP contribution in [0.5, 0.6) is 5.75 Å². The molecule has 1 unspecified atom stereocenters. The Hall–Kier alpha value is -2.89. The SMILES string of the molecule is O=Cc1cc(C(=O)N2CCCC2c2cccc(N3CCCC3)c2)cc(F)c1O. The smallest absolute Gasteiger partial charge is 0.254 e. The van der Waals surface area contributed by atoms with Crippen molar-refractivity contribution in [3.63, 3.8) is 0 Å². The van der Waals surface area contributed by atoms with Crippen molar-refractivity contribution in [3.8, 4) is 5.75 Å². The molecule has 2 saturated heterocycles. The molecule has 0 bridgehead atoms. The first kappa shape index (κ1) is 18.5. The van der Waals surface area contributed by atoms with Gasteiger partial charge in [-0.3, -0.25) is 9.59 Å². The number of phenols is 1. The van der Waals surface area contributed by atoms with Gasteiger partial charge in [0.15, 0.2) is 17.9 Å². The molecule has 0 saturated carbocycles. The van der Waals surface area contributed by atoms with Crippen LogP contribution < -0.4 is 4.90 Å². The summed E-state index contributed by atoms with van der Waals surface area (Å²) in [6.07, 6.45) is 4.46. The first-order valence-electron chi connectivity index (χ1n) is 9.72. The summed E-state index contributed by atoms with van der Waals surface area (Å²) in [5.74, 6) is -2.00. The highest BCUT2D eigenvalue weighted by molar-refractivity contribution is 5.97. The van der Waals surface area contributed by atoms with Gasteiger partial charge in [-0.15, -0.1) is 0 Å². The summed E-state index contributed by atoms with van der Waals surface area (Å²) in [6, 6.07) is 10.5. The fourth-order valence-electron chi connectivity index (χ4n) is 4.26. The fourth-order valence-corrected chi connectivity index (χ4v) is 4.26. The second kappa shape index (κ2) is 7.62. The third-order valence-electron chi connectivity index (χ3n) is 5.71. The van der Waals surface area contributed by atoms with Gasteiger partial charge < -0.3 is 14.9 Å². The van der Waals surface area contributed by atoms with Crippen LogP contribution in [-0.4, -0.2) is 41.8 Å². The quantitative estimate of drug-likeness (QED) is 0.814. The minimum atomic E-state index is -0.959. The van der Waals surface area contributed by atoms with Crippen molar-refractivity contribution < 1.29 is 19.1 Å². The molecule has 0 aliphatic carbocycles. The maximum absolute atomic E-state index is 13.9. The Bertz CT molecular complexity index is 909. The number of amides is 1. The highest BCUT2D eigenvalue weighted by atomic mass is 19.1. The highest BCUT2D eigenvalue weighted by Crippen LogP contribution is 2.35. The first-order chi connectivity index (χ1) is 13.6. The summed E-state index contributed by atoms with van der Waals surface area (Å²) >= 11 is 0. The van der Waals surface area contributed by atoms with Gasteiger partial charge in [-0.1, -0.05) is 12.1 Å². The third-order valence-corrected chi connectivity index (χ3v) is 5.71. The van der Waals surface area contributed by atoms with Crippen LogP contribution in [0.1, 0.15) is 58.0 Å². The Kier molecular flexibility index (Phi) is 5.03. The van der Waals surface area contributed by atoms with Crippen molar-refractivity contribution in [1.82, 2.24) is 4.90 Å². The van der Waals surface area contributed by atoms with Gasteiger partial charge in [0, 0.05) is 30.9 Å². The molecule has 146 valence electrons. The van der Waals surface area contributed by atoms with Gasteiger partial charge in [0.1, 0.15) is 0 Å². The normalized spacial score (nSPS) is 19.2. The van der Waals surface area contributed by atoms with Crippen molar-refractivity contribution in [3.05, 3.63) is 58.9 Å². The van der Waals surface area contributed by atoms with Gasteiger partial charge in [0.25, 0.3) is 5.91 Å². The molecule has 1 amide bonds. The van der Waals surface area contributed by atoms with E-state index in [2.05, 4.69) is 17.0 Å². The Morgan fingerprint density at radius 1 is 1.11 bits per heavy atom. The number of hydrogen-bond donors (Lipinski definition) is 1. The molecule has 1 N–H and O–H groups in total. The zero-order chi connectivity index (χ0) is 19.7. The molecule has 6 heteroatoms. The molecule has 2 aromatic rings. The summed E-state index contributed by atoms with van der Waals surface area (Å²) in [4.78, 5) is 28.2. The number of anilines is 1. The van der Waals surface area contributed by atoms with E-state index in [1.807, 2.05) is 12.1 Å². The van der Waals surface area contributed by atoms with Crippen molar-refractivity contribution in [2.75, 3.05) is 24.5 Å². The van der Waals surface area contributed by atoms with E-state index in [1.165, 1.54) is 24.6 Å². The number of benzene rings is 2. The molecule has 0 radical (unpaired) electrons. The lowest BCUT2D eigenvalue weighted by molar-refractivity contribution is 0.0735. The summed E-state index contributed by atoms with van der Waals surface area (Å²) in [6.45, 7) is 2.69. The van der Waals surface area contributed by atoms with E-state index in [4.69, 9.17) is 0 Å². The molecule has 2 fully saturated rings. The van der Waals surface area contributed by atoms with E-state index in [0.717, 1.165) is 37.6 Å². The van der Waals surface area contributed by atoms with Crippen LogP contribution in [0.4, 0.5) is 10.1 Å². The monoisotopic (exact) mass is 382 g/mol. The third kappa shape index (κ3) is 3.35. The lowest BCUT2D eigenvalue weighted by Gasteiger charge is -2.27. The Morgan fingerprint density at radius 3 is 2.64 bits per heavy atom. The molecule has 28 heavy (non-hydrogen) atoms. The maximum Gasteiger partial charge on any atom is 0.254 e. The Labute approximate surface area is 163 Å². The fraction of sp³-hybridized carbons (Fsp3) is 0.364. The molecule has 0 spiro atoms. The average molecular weight is 382 g/mol. The number of carbonyl (C=O) groups is 2. The number of carbonyl (C=O) groups excluding carboxylic acids is 2. The van der Waals surface area contributed by atoms with Gasteiger partial charge in [0.05, 0.1) is 11.6 Å². The molecule has 2 aromatic carbocycles. The van der Waals surface area contributed by atoms with Crippen molar-refractivity contribution in [2.45, 2.75) is 31.7 Å². The number of aromatic hydroxyl groups is 1. The van der Waals surface area contributed by atoms with Crippen molar-refractivity contribution in [2.24, 2.45) is 0 Å². The van der Waals surface area contributed by atoms with Gasteiger partial charge in [-0.05, 0) is 55.5 Å². The van der Waals surface area contributed by atoms with Crippen LogP contribution >= 0.6 is 0 Å². The lowest BCUT2D eigenvalue weighted by atomic mass is 10.0. The van der Waals surface area contributed by atoms with Gasteiger partial charge in [-0.25, -0.2) is 4.39 Å². The molecule has 0 aromatic heterocycles. The van der Waals surface area contributed by atoms with Gasteiger partial charge in [0.2, 0.25) is 0 Å². The lowest BCUT2D eigenvalue weighted by Crippen LogP contribution is -2.31. The molecule has 2 heterocycles. The number of halogens is 1. The van der Waals surface area contributed by atoms with E-state index < -0.39 is 11.6 Å². The summed E-state index contributed by atoms with van der Waals surface area (Å²) in [5.41, 5.74) is 2.12. The van der Waals surface area contributed by atoms with Crippen LogP contribution in [-0.2, 0) is 0 Å². The van der Waals surface area contributed by atoms with Crippen molar-refractivity contribution in [1.29, 1.82) is 0 Å². The summed E-state index contributed by atoms with van der Waals surface area (Å²) < 4.78 is 13.9. The minimum absolute atomic E-state index is 0.0772. The number of rotatable bonds is 4. The maximum atomic E-state index is 13.9. The molecule has 5 nitrogen and oxygen atoms in total. The zero-order valence-electron chi connectivity index (χ0n) is 15.6. The number of likely N-dealkylation sites (tertiary alicyclic amines) is 1. The number of aldehydes is 1. The van der Waals surface area contributed by atoms with E-state index in [9.17, 15) is 19.1 Å². The molecule has 1 atom stereocenters. The van der Waals surface area contributed by atoms with E-state index >= 15 is 0 Å². The number of phenolic OH excluding ortho intramolecular Hbond substituents is 1. The predicted molar refractivity (Wildman–Crippen MR) is 104 cm³/mol. The minimum Gasteiger partial charge on any atom is -0.504 e. The van der Waals surface area contributed by atoms with Crippen molar-refractivity contribution >= 4 is 17.9 Å². The van der Waals surface area contributed by atoms with Gasteiger partial charge in [-0.2, -0.15) is 0 Å². The average Bonchev–Trinajstić information content (AvgIpc) is 3.41. The zero-order valence-corrected chi connectivity index (χ0v) is 15.6. The second-order valence-corrected chi connectivity index (χ2v) is 7.46. The molecule has 4 rings (SSSR count). The molecular formula is C22H23FN2O3. The largest absolute Gasteiger partial charge is 0.504 e. The highest BCUT2D eigenvalue weighted by Gasteiger charge is 2.31. The molecule has 2 aliphatic heterocycles. The van der Waals surface area contributed by atoms with Crippen LogP contribution in [0.15, 0.2) is 36.4 Å². The summed E-state index contributed by atoms with van der Waals surface area (Å²) in [5, 5.41) is 9.60. The van der Waals surface area contributed by atoms with Crippen LogP contribution in [0.25, 0.3) is 0 Å². The van der Waals surface area contributed by atoms with Gasteiger partial charge >= 0.3 is 0 Å². The van der Waals surface area contributed by atoms with E-state index in [0.29, 0.717) is 12.8 Å².